The Morgan fingerprint density at radius 1 is 1.36 bits per heavy atom. The summed E-state index contributed by atoms with van der Waals surface area (Å²) in [5.74, 6) is 0.218. The minimum atomic E-state index is -0.233. The standard InChI is InChI=1S/C10H11BrClFO/c11-5-10(6-12)14-7-8-1-3-9(13)4-2-8/h1-4,10H,5-7H2/t10-/m0/s1. The van der Waals surface area contributed by atoms with Gasteiger partial charge in [-0.2, -0.15) is 0 Å². The molecule has 14 heavy (non-hydrogen) atoms. The lowest BCUT2D eigenvalue weighted by Gasteiger charge is -2.11. The molecule has 0 aromatic heterocycles. The molecule has 1 aromatic rings. The van der Waals surface area contributed by atoms with E-state index in [4.69, 9.17) is 16.3 Å². The number of hydrogen-bond acceptors (Lipinski definition) is 1. The Bertz CT molecular complexity index is 261. The van der Waals surface area contributed by atoms with Crippen molar-refractivity contribution in [1.82, 2.24) is 0 Å². The van der Waals surface area contributed by atoms with Gasteiger partial charge in [0.25, 0.3) is 0 Å². The van der Waals surface area contributed by atoms with Crippen molar-refractivity contribution >= 4 is 27.5 Å². The molecule has 78 valence electrons. The van der Waals surface area contributed by atoms with Crippen LogP contribution >= 0.6 is 27.5 Å². The van der Waals surface area contributed by atoms with E-state index in [1.807, 2.05) is 0 Å². The van der Waals surface area contributed by atoms with E-state index in [-0.39, 0.29) is 11.9 Å². The highest BCUT2D eigenvalue weighted by Gasteiger charge is 2.05. The van der Waals surface area contributed by atoms with Crippen LogP contribution in [0.4, 0.5) is 4.39 Å². The van der Waals surface area contributed by atoms with Crippen LogP contribution < -0.4 is 0 Å². The van der Waals surface area contributed by atoms with E-state index in [0.717, 1.165) is 5.56 Å². The molecule has 0 fully saturated rings. The van der Waals surface area contributed by atoms with Crippen LogP contribution in [0.15, 0.2) is 24.3 Å². The van der Waals surface area contributed by atoms with E-state index < -0.39 is 0 Å². The highest BCUT2D eigenvalue weighted by atomic mass is 79.9. The van der Waals surface area contributed by atoms with E-state index >= 15 is 0 Å². The van der Waals surface area contributed by atoms with Gasteiger partial charge in [-0.05, 0) is 17.7 Å². The monoisotopic (exact) mass is 280 g/mol. The minimum absolute atomic E-state index is 0.00159. The van der Waals surface area contributed by atoms with Crippen molar-refractivity contribution in [1.29, 1.82) is 0 Å². The quantitative estimate of drug-likeness (QED) is 0.752. The van der Waals surface area contributed by atoms with Crippen molar-refractivity contribution in [2.24, 2.45) is 0 Å². The molecular formula is C10H11BrClFO. The summed E-state index contributed by atoms with van der Waals surface area (Å²) in [6.45, 7) is 0.462. The van der Waals surface area contributed by atoms with Gasteiger partial charge < -0.3 is 4.74 Å². The summed E-state index contributed by atoms with van der Waals surface area (Å²) in [4.78, 5) is 0. The summed E-state index contributed by atoms with van der Waals surface area (Å²) in [7, 11) is 0. The van der Waals surface area contributed by atoms with E-state index in [1.54, 1.807) is 12.1 Å². The van der Waals surface area contributed by atoms with E-state index in [0.29, 0.717) is 17.8 Å². The van der Waals surface area contributed by atoms with Gasteiger partial charge in [0.15, 0.2) is 0 Å². The average Bonchev–Trinajstić information content (AvgIpc) is 2.22. The fraction of sp³-hybridized carbons (Fsp3) is 0.400. The van der Waals surface area contributed by atoms with Gasteiger partial charge in [0.05, 0.1) is 12.7 Å². The maximum absolute atomic E-state index is 12.5. The maximum atomic E-state index is 12.5. The number of benzene rings is 1. The maximum Gasteiger partial charge on any atom is 0.123 e. The molecule has 0 saturated heterocycles. The number of hydrogen-bond donors (Lipinski definition) is 0. The molecule has 0 saturated carbocycles. The first-order valence-corrected chi connectivity index (χ1v) is 5.90. The summed E-state index contributed by atoms with van der Waals surface area (Å²) in [6.07, 6.45) is 0.00159. The Hall–Kier alpha value is -0.120. The molecule has 0 N–H and O–H groups in total. The molecule has 1 nitrogen and oxygen atoms in total. The zero-order valence-electron chi connectivity index (χ0n) is 7.55. The van der Waals surface area contributed by atoms with Gasteiger partial charge in [-0.1, -0.05) is 28.1 Å². The van der Waals surface area contributed by atoms with Crippen LogP contribution in [0, 0.1) is 5.82 Å². The van der Waals surface area contributed by atoms with Gasteiger partial charge in [-0.3, -0.25) is 0 Å². The third-order valence-electron chi connectivity index (χ3n) is 1.74. The fourth-order valence-electron chi connectivity index (χ4n) is 0.925. The van der Waals surface area contributed by atoms with Crippen molar-refractivity contribution in [3.05, 3.63) is 35.6 Å². The van der Waals surface area contributed by atoms with Crippen LogP contribution in [-0.4, -0.2) is 17.3 Å². The Morgan fingerprint density at radius 3 is 2.50 bits per heavy atom. The second kappa shape index (κ2) is 6.38. The highest BCUT2D eigenvalue weighted by molar-refractivity contribution is 9.09. The fourth-order valence-corrected chi connectivity index (χ4v) is 1.80. The molecule has 0 unspecified atom stereocenters. The van der Waals surface area contributed by atoms with E-state index in [2.05, 4.69) is 15.9 Å². The van der Waals surface area contributed by atoms with Crippen LogP contribution in [0.2, 0.25) is 0 Å². The Kier molecular flexibility index (Phi) is 5.45. The molecule has 0 spiro atoms. The summed E-state index contributed by atoms with van der Waals surface area (Å²) < 4.78 is 18.0. The third kappa shape index (κ3) is 3.95. The molecule has 4 heteroatoms. The third-order valence-corrected chi connectivity index (χ3v) is 2.81. The summed E-state index contributed by atoms with van der Waals surface area (Å²) >= 11 is 8.94. The number of halogens is 3. The molecule has 1 rings (SSSR count). The van der Waals surface area contributed by atoms with E-state index in [1.165, 1.54) is 12.1 Å². The van der Waals surface area contributed by atoms with Crippen molar-refractivity contribution < 1.29 is 9.13 Å². The van der Waals surface area contributed by atoms with Crippen LogP contribution in [0.3, 0.4) is 0 Å². The lowest BCUT2D eigenvalue weighted by atomic mass is 10.2. The second-order valence-corrected chi connectivity index (χ2v) is 3.82. The summed E-state index contributed by atoms with van der Waals surface area (Å²) in [5.41, 5.74) is 0.947. The first-order valence-electron chi connectivity index (χ1n) is 4.24. The van der Waals surface area contributed by atoms with Gasteiger partial charge in [-0.25, -0.2) is 4.39 Å². The molecule has 0 aliphatic heterocycles. The van der Waals surface area contributed by atoms with Crippen LogP contribution in [0.1, 0.15) is 5.56 Å². The largest absolute Gasteiger partial charge is 0.371 e. The molecular weight excluding hydrogens is 270 g/mol. The molecule has 0 aliphatic rings. The number of rotatable bonds is 5. The lowest BCUT2D eigenvalue weighted by Crippen LogP contribution is -2.16. The van der Waals surface area contributed by atoms with Crippen molar-refractivity contribution in [2.45, 2.75) is 12.7 Å². The van der Waals surface area contributed by atoms with Gasteiger partial charge >= 0.3 is 0 Å². The van der Waals surface area contributed by atoms with Crippen molar-refractivity contribution in [3.63, 3.8) is 0 Å². The zero-order chi connectivity index (χ0) is 10.4. The summed E-state index contributed by atoms with van der Waals surface area (Å²) in [5, 5.41) is 0.706. The van der Waals surface area contributed by atoms with Gasteiger partial charge in [0.1, 0.15) is 5.82 Å². The van der Waals surface area contributed by atoms with Gasteiger partial charge in [0, 0.05) is 11.2 Å². The first-order chi connectivity index (χ1) is 6.76. The molecule has 0 heterocycles. The van der Waals surface area contributed by atoms with Crippen LogP contribution in [0.5, 0.6) is 0 Å². The topological polar surface area (TPSA) is 9.23 Å². The van der Waals surface area contributed by atoms with E-state index in [9.17, 15) is 4.39 Å². The molecule has 0 radical (unpaired) electrons. The predicted octanol–water partition coefficient (Wildman–Crippen LogP) is 3.34. The molecule has 0 amide bonds. The molecule has 1 aromatic carbocycles. The molecule has 0 bridgehead atoms. The molecule has 0 aliphatic carbocycles. The zero-order valence-corrected chi connectivity index (χ0v) is 9.89. The lowest BCUT2D eigenvalue weighted by molar-refractivity contribution is 0.0717. The van der Waals surface area contributed by atoms with Gasteiger partial charge in [-0.15, -0.1) is 11.6 Å². The highest BCUT2D eigenvalue weighted by Crippen LogP contribution is 2.08. The normalized spacial score (nSPS) is 12.8. The Balaban J connectivity index is 2.41. The Labute approximate surface area is 96.3 Å². The Morgan fingerprint density at radius 2 is 2.00 bits per heavy atom. The van der Waals surface area contributed by atoms with Crippen molar-refractivity contribution in [3.8, 4) is 0 Å². The van der Waals surface area contributed by atoms with Crippen molar-refractivity contribution in [2.75, 3.05) is 11.2 Å². The van der Waals surface area contributed by atoms with Gasteiger partial charge in [0.2, 0.25) is 0 Å². The number of ether oxygens (including phenoxy) is 1. The predicted molar refractivity (Wildman–Crippen MR) is 59.5 cm³/mol. The minimum Gasteiger partial charge on any atom is -0.371 e. The smallest absolute Gasteiger partial charge is 0.123 e. The molecule has 1 atom stereocenters. The average molecular weight is 282 g/mol. The van der Waals surface area contributed by atoms with Crippen LogP contribution in [0.25, 0.3) is 0 Å². The SMILES string of the molecule is Fc1ccc(CO[C@H](CCl)CBr)cc1. The summed E-state index contributed by atoms with van der Waals surface area (Å²) in [6, 6.07) is 6.24. The number of alkyl halides is 2. The first kappa shape index (κ1) is 12.0. The second-order valence-electron chi connectivity index (χ2n) is 2.87. The van der Waals surface area contributed by atoms with Crippen LogP contribution in [-0.2, 0) is 11.3 Å².